The summed E-state index contributed by atoms with van der Waals surface area (Å²) in [7, 11) is -3.43. The van der Waals surface area contributed by atoms with Crippen LogP contribution in [-0.2, 0) is 16.6 Å². The number of hydrogen-bond donors (Lipinski definition) is 2. The molecule has 1 aliphatic rings. The Morgan fingerprint density at radius 3 is 2.61 bits per heavy atom. The number of rotatable bonds is 4. The number of aryl methyl sites for hydroxylation is 1. The molecule has 0 amide bonds. The van der Waals surface area contributed by atoms with Gasteiger partial charge in [-0.1, -0.05) is 25.1 Å². The smallest absolute Gasteiger partial charge is 0.301 e. The van der Waals surface area contributed by atoms with E-state index in [0.29, 0.717) is 31.9 Å². The zero-order chi connectivity index (χ0) is 13.0. The van der Waals surface area contributed by atoms with E-state index in [1.807, 2.05) is 25.1 Å². The minimum Gasteiger partial charge on any atom is -0.314 e. The van der Waals surface area contributed by atoms with Gasteiger partial charge in [0.25, 0.3) is 0 Å². The van der Waals surface area contributed by atoms with Crippen molar-refractivity contribution in [2.24, 2.45) is 0 Å². The molecule has 2 rings (SSSR count). The standard InChI is InChI=1S/C12H19N3O2S/c1-2-11-5-3-4-6-12(11)14-18(16,17)15-9-7-13-8-10-15/h3-6,13-14H,2,7-10H2,1H3. The van der Waals surface area contributed by atoms with Crippen LogP contribution in [0.2, 0.25) is 0 Å². The fourth-order valence-corrected chi connectivity index (χ4v) is 3.29. The lowest BCUT2D eigenvalue weighted by atomic mass is 10.1. The minimum absolute atomic E-state index is 0.517. The lowest BCUT2D eigenvalue weighted by Crippen LogP contribution is -2.48. The first-order valence-electron chi connectivity index (χ1n) is 6.20. The van der Waals surface area contributed by atoms with E-state index in [1.54, 1.807) is 6.07 Å². The summed E-state index contributed by atoms with van der Waals surface area (Å²) in [6.07, 6.45) is 0.806. The van der Waals surface area contributed by atoms with Gasteiger partial charge in [-0.2, -0.15) is 12.7 Å². The van der Waals surface area contributed by atoms with Gasteiger partial charge in [-0.05, 0) is 18.1 Å². The normalized spacial score (nSPS) is 17.6. The zero-order valence-corrected chi connectivity index (χ0v) is 11.3. The fraction of sp³-hybridized carbons (Fsp3) is 0.500. The van der Waals surface area contributed by atoms with Crippen LogP contribution in [0.5, 0.6) is 0 Å². The lowest BCUT2D eigenvalue weighted by Gasteiger charge is -2.27. The largest absolute Gasteiger partial charge is 0.314 e. The summed E-state index contributed by atoms with van der Waals surface area (Å²) in [5, 5.41) is 3.14. The third-order valence-corrected chi connectivity index (χ3v) is 4.58. The van der Waals surface area contributed by atoms with Crippen LogP contribution in [-0.4, -0.2) is 38.9 Å². The summed E-state index contributed by atoms with van der Waals surface area (Å²) in [5.41, 5.74) is 1.69. The summed E-state index contributed by atoms with van der Waals surface area (Å²) in [6, 6.07) is 7.50. The van der Waals surface area contributed by atoms with Crippen LogP contribution in [0.3, 0.4) is 0 Å². The maximum Gasteiger partial charge on any atom is 0.301 e. The Kier molecular flexibility index (Phi) is 4.21. The third kappa shape index (κ3) is 3.01. The highest BCUT2D eigenvalue weighted by Gasteiger charge is 2.23. The van der Waals surface area contributed by atoms with Crippen molar-refractivity contribution in [2.75, 3.05) is 30.9 Å². The average molecular weight is 269 g/mol. The number of piperazine rings is 1. The monoisotopic (exact) mass is 269 g/mol. The Bertz CT molecular complexity index is 496. The molecule has 1 aromatic rings. The number of hydrogen-bond acceptors (Lipinski definition) is 3. The summed E-state index contributed by atoms with van der Waals surface area (Å²) in [5.74, 6) is 0. The van der Waals surface area contributed by atoms with Crippen LogP contribution in [0.15, 0.2) is 24.3 Å². The molecule has 100 valence electrons. The maximum atomic E-state index is 12.2. The van der Waals surface area contributed by atoms with E-state index in [4.69, 9.17) is 0 Å². The molecule has 1 aliphatic heterocycles. The summed E-state index contributed by atoms with van der Waals surface area (Å²) in [4.78, 5) is 0. The second kappa shape index (κ2) is 5.69. The number of para-hydroxylation sites is 1. The predicted octanol–water partition coefficient (Wildman–Crippen LogP) is 0.811. The van der Waals surface area contributed by atoms with Crippen molar-refractivity contribution in [1.82, 2.24) is 9.62 Å². The molecule has 0 unspecified atom stereocenters. The van der Waals surface area contributed by atoms with Crippen molar-refractivity contribution >= 4 is 15.9 Å². The van der Waals surface area contributed by atoms with Crippen LogP contribution in [0, 0.1) is 0 Å². The molecule has 0 spiro atoms. The minimum atomic E-state index is -3.43. The molecule has 0 bridgehead atoms. The molecular formula is C12H19N3O2S. The van der Waals surface area contributed by atoms with Crippen molar-refractivity contribution < 1.29 is 8.42 Å². The van der Waals surface area contributed by atoms with E-state index in [-0.39, 0.29) is 0 Å². The zero-order valence-electron chi connectivity index (χ0n) is 10.5. The van der Waals surface area contributed by atoms with Gasteiger partial charge in [-0.15, -0.1) is 0 Å². The van der Waals surface area contributed by atoms with Crippen LogP contribution < -0.4 is 10.0 Å². The number of nitrogens with zero attached hydrogens (tertiary/aromatic N) is 1. The topological polar surface area (TPSA) is 61.4 Å². The van der Waals surface area contributed by atoms with E-state index in [2.05, 4.69) is 10.0 Å². The highest BCUT2D eigenvalue weighted by Crippen LogP contribution is 2.18. The van der Waals surface area contributed by atoms with Gasteiger partial charge in [-0.3, -0.25) is 4.72 Å². The molecule has 1 saturated heterocycles. The highest BCUT2D eigenvalue weighted by atomic mass is 32.2. The van der Waals surface area contributed by atoms with E-state index in [9.17, 15) is 8.42 Å². The van der Waals surface area contributed by atoms with Crippen molar-refractivity contribution in [1.29, 1.82) is 0 Å². The van der Waals surface area contributed by atoms with Crippen molar-refractivity contribution in [3.05, 3.63) is 29.8 Å². The molecule has 5 nitrogen and oxygen atoms in total. The van der Waals surface area contributed by atoms with Crippen molar-refractivity contribution in [3.63, 3.8) is 0 Å². The summed E-state index contributed by atoms with van der Waals surface area (Å²) >= 11 is 0. The van der Waals surface area contributed by atoms with Crippen LogP contribution in [0.4, 0.5) is 5.69 Å². The first-order valence-corrected chi connectivity index (χ1v) is 7.64. The average Bonchev–Trinajstić information content (AvgIpc) is 2.40. The van der Waals surface area contributed by atoms with E-state index < -0.39 is 10.2 Å². The Hall–Kier alpha value is -1.11. The van der Waals surface area contributed by atoms with Crippen LogP contribution in [0.1, 0.15) is 12.5 Å². The summed E-state index contributed by atoms with van der Waals surface area (Å²) in [6.45, 7) is 4.46. The van der Waals surface area contributed by atoms with Gasteiger partial charge >= 0.3 is 10.2 Å². The molecule has 0 atom stereocenters. The molecule has 1 heterocycles. The van der Waals surface area contributed by atoms with E-state index in [1.165, 1.54) is 4.31 Å². The second-order valence-corrected chi connectivity index (χ2v) is 5.94. The quantitative estimate of drug-likeness (QED) is 0.850. The molecule has 2 N–H and O–H groups in total. The van der Waals surface area contributed by atoms with Gasteiger partial charge in [0.05, 0.1) is 5.69 Å². The van der Waals surface area contributed by atoms with Gasteiger partial charge in [-0.25, -0.2) is 0 Å². The summed E-state index contributed by atoms with van der Waals surface area (Å²) < 4.78 is 28.6. The van der Waals surface area contributed by atoms with Gasteiger partial charge in [0, 0.05) is 26.2 Å². The maximum absolute atomic E-state index is 12.2. The Morgan fingerprint density at radius 2 is 1.94 bits per heavy atom. The Morgan fingerprint density at radius 1 is 1.28 bits per heavy atom. The number of nitrogens with one attached hydrogen (secondary N) is 2. The van der Waals surface area contributed by atoms with Crippen LogP contribution >= 0.6 is 0 Å². The van der Waals surface area contributed by atoms with E-state index >= 15 is 0 Å². The SMILES string of the molecule is CCc1ccccc1NS(=O)(=O)N1CCNCC1. The van der Waals surface area contributed by atoms with E-state index in [0.717, 1.165) is 12.0 Å². The first kappa shape index (κ1) is 13.3. The molecule has 1 aromatic carbocycles. The first-order chi connectivity index (χ1) is 8.63. The Balaban J connectivity index is 2.16. The highest BCUT2D eigenvalue weighted by molar-refractivity contribution is 7.90. The van der Waals surface area contributed by atoms with Gasteiger partial charge in [0.2, 0.25) is 0 Å². The molecule has 6 heteroatoms. The third-order valence-electron chi connectivity index (χ3n) is 3.05. The molecular weight excluding hydrogens is 250 g/mol. The van der Waals surface area contributed by atoms with Gasteiger partial charge in [0.1, 0.15) is 0 Å². The molecule has 18 heavy (non-hydrogen) atoms. The lowest BCUT2D eigenvalue weighted by molar-refractivity contribution is 0.362. The predicted molar refractivity (Wildman–Crippen MR) is 72.8 cm³/mol. The molecule has 0 radical (unpaired) electrons. The Labute approximate surface area is 108 Å². The van der Waals surface area contributed by atoms with Crippen LogP contribution in [0.25, 0.3) is 0 Å². The molecule has 0 aromatic heterocycles. The number of anilines is 1. The molecule has 1 fully saturated rings. The van der Waals surface area contributed by atoms with Crippen molar-refractivity contribution in [2.45, 2.75) is 13.3 Å². The molecule has 0 aliphatic carbocycles. The fourth-order valence-electron chi connectivity index (χ4n) is 2.02. The number of benzene rings is 1. The van der Waals surface area contributed by atoms with Gasteiger partial charge < -0.3 is 5.32 Å². The second-order valence-electron chi connectivity index (χ2n) is 4.27. The molecule has 0 saturated carbocycles. The van der Waals surface area contributed by atoms with Gasteiger partial charge in [0.15, 0.2) is 0 Å². The van der Waals surface area contributed by atoms with Crippen molar-refractivity contribution in [3.8, 4) is 0 Å².